The van der Waals surface area contributed by atoms with Gasteiger partial charge in [0.2, 0.25) is 0 Å². The number of nitrogens with one attached hydrogen (secondary N) is 1. The van der Waals surface area contributed by atoms with Gasteiger partial charge in [-0.3, -0.25) is 4.31 Å². The molecule has 0 bridgehead atoms. The van der Waals surface area contributed by atoms with Crippen LogP contribution < -0.4 is 9.03 Å². The Labute approximate surface area is 95.9 Å². The summed E-state index contributed by atoms with van der Waals surface area (Å²) in [5.41, 5.74) is 0.501. The molecule has 0 saturated carbocycles. The van der Waals surface area contributed by atoms with Crippen LogP contribution in [0.4, 0.5) is 5.69 Å². The average Bonchev–Trinajstić information content (AvgIpc) is 2.26. The van der Waals surface area contributed by atoms with Gasteiger partial charge in [-0.2, -0.15) is 13.1 Å². The fraction of sp³-hybridized carbons (Fsp3) is 0.400. The molecule has 0 unspecified atom stereocenters. The number of aromatic hydroxyl groups is 1. The van der Waals surface area contributed by atoms with Crippen LogP contribution in [0.5, 0.6) is 5.75 Å². The number of hydrogen-bond donors (Lipinski definition) is 2. The molecule has 0 heterocycles. The van der Waals surface area contributed by atoms with Crippen LogP contribution in [0.15, 0.2) is 24.3 Å². The van der Waals surface area contributed by atoms with Gasteiger partial charge in [-0.1, -0.05) is 6.92 Å². The van der Waals surface area contributed by atoms with E-state index in [1.807, 2.05) is 6.92 Å². The third-order valence-corrected chi connectivity index (χ3v) is 3.61. The highest BCUT2D eigenvalue weighted by Gasteiger charge is 2.16. The number of phenols is 1. The summed E-state index contributed by atoms with van der Waals surface area (Å²) in [6, 6.07) is 5.98. The van der Waals surface area contributed by atoms with Crippen LogP contribution in [0, 0.1) is 0 Å². The SMILES string of the molecule is CCCNS(=O)(=O)N(C)c1ccc(O)cc1. The monoisotopic (exact) mass is 244 g/mol. The van der Waals surface area contributed by atoms with Crippen LogP contribution in [0.2, 0.25) is 0 Å². The molecule has 1 aromatic carbocycles. The maximum atomic E-state index is 11.7. The maximum Gasteiger partial charge on any atom is 0.301 e. The van der Waals surface area contributed by atoms with Gasteiger partial charge in [0.25, 0.3) is 0 Å². The standard InChI is InChI=1S/C10H16N2O3S/c1-3-8-11-16(14,15)12(2)9-4-6-10(13)7-5-9/h4-7,11,13H,3,8H2,1-2H3. The van der Waals surface area contributed by atoms with Crippen molar-refractivity contribution in [3.8, 4) is 5.75 Å². The summed E-state index contributed by atoms with van der Waals surface area (Å²) in [7, 11) is -2.02. The minimum atomic E-state index is -3.49. The first-order valence-corrected chi connectivity index (χ1v) is 6.44. The molecular weight excluding hydrogens is 228 g/mol. The fourth-order valence-corrected chi connectivity index (χ4v) is 2.18. The van der Waals surface area contributed by atoms with Crippen LogP contribution in [-0.2, 0) is 10.2 Å². The second-order valence-corrected chi connectivity index (χ2v) is 5.17. The Hall–Kier alpha value is -1.27. The van der Waals surface area contributed by atoms with Gasteiger partial charge in [0.15, 0.2) is 0 Å². The Morgan fingerprint density at radius 3 is 2.38 bits per heavy atom. The molecule has 0 aliphatic rings. The van der Waals surface area contributed by atoms with Crippen molar-refractivity contribution in [1.82, 2.24) is 4.72 Å². The van der Waals surface area contributed by atoms with E-state index in [1.165, 1.54) is 19.2 Å². The molecule has 0 radical (unpaired) electrons. The summed E-state index contributed by atoms with van der Waals surface area (Å²) >= 11 is 0. The highest BCUT2D eigenvalue weighted by atomic mass is 32.2. The van der Waals surface area contributed by atoms with E-state index >= 15 is 0 Å². The van der Waals surface area contributed by atoms with Crippen LogP contribution >= 0.6 is 0 Å². The number of rotatable bonds is 5. The van der Waals surface area contributed by atoms with E-state index < -0.39 is 10.2 Å². The van der Waals surface area contributed by atoms with Crippen LogP contribution in [-0.4, -0.2) is 27.1 Å². The Morgan fingerprint density at radius 2 is 1.88 bits per heavy atom. The summed E-state index contributed by atoms with van der Waals surface area (Å²) in [5, 5.41) is 9.10. The topological polar surface area (TPSA) is 69.6 Å². The molecule has 6 heteroatoms. The van der Waals surface area contributed by atoms with Gasteiger partial charge >= 0.3 is 10.2 Å². The summed E-state index contributed by atoms with van der Waals surface area (Å²) in [6.07, 6.45) is 0.739. The second kappa shape index (κ2) is 5.18. The van der Waals surface area contributed by atoms with E-state index in [1.54, 1.807) is 12.1 Å². The molecule has 1 aromatic rings. The van der Waals surface area contributed by atoms with Crippen molar-refractivity contribution < 1.29 is 13.5 Å². The quantitative estimate of drug-likeness (QED) is 0.814. The lowest BCUT2D eigenvalue weighted by atomic mass is 10.3. The zero-order valence-electron chi connectivity index (χ0n) is 9.34. The van der Waals surface area contributed by atoms with Crippen LogP contribution in [0.3, 0.4) is 0 Å². The van der Waals surface area contributed by atoms with E-state index in [9.17, 15) is 8.42 Å². The second-order valence-electron chi connectivity index (χ2n) is 3.38. The van der Waals surface area contributed by atoms with Gasteiger partial charge in [0, 0.05) is 13.6 Å². The predicted molar refractivity (Wildman–Crippen MR) is 63.7 cm³/mol. The highest BCUT2D eigenvalue weighted by molar-refractivity contribution is 7.90. The summed E-state index contributed by atoms with van der Waals surface area (Å²) in [6.45, 7) is 2.30. The smallest absolute Gasteiger partial charge is 0.301 e. The molecule has 5 nitrogen and oxygen atoms in total. The Balaban J connectivity index is 2.84. The van der Waals surface area contributed by atoms with E-state index in [0.29, 0.717) is 12.2 Å². The molecule has 90 valence electrons. The number of nitrogens with zero attached hydrogens (tertiary/aromatic N) is 1. The molecule has 0 aromatic heterocycles. The molecule has 0 saturated heterocycles. The van der Waals surface area contributed by atoms with Crippen molar-refractivity contribution in [3.63, 3.8) is 0 Å². The van der Waals surface area contributed by atoms with Crippen molar-refractivity contribution in [1.29, 1.82) is 0 Å². The summed E-state index contributed by atoms with van der Waals surface area (Å²) in [4.78, 5) is 0. The predicted octanol–water partition coefficient (Wildman–Crippen LogP) is 1.07. The molecule has 0 amide bonds. The van der Waals surface area contributed by atoms with Crippen molar-refractivity contribution in [2.75, 3.05) is 17.9 Å². The average molecular weight is 244 g/mol. The van der Waals surface area contributed by atoms with Crippen molar-refractivity contribution in [3.05, 3.63) is 24.3 Å². The molecule has 0 fully saturated rings. The molecule has 0 spiro atoms. The van der Waals surface area contributed by atoms with Crippen LogP contribution in [0.25, 0.3) is 0 Å². The molecule has 0 atom stereocenters. The normalized spacial score (nSPS) is 11.4. The lowest BCUT2D eigenvalue weighted by molar-refractivity contribution is 0.475. The Bertz CT molecular complexity index is 428. The van der Waals surface area contributed by atoms with Crippen molar-refractivity contribution in [2.24, 2.45) is 0 Å². The van der Waals surface area contributed by atoms with Crippen molar-refractivity contribution >= 4 is 15.9 Å². The third-order valence-electron chi connectivity index (χ3n) is 2.11. The first-order valence-electron chi connectivity index (χ1n) is 5.00. The number of benzene rings is 1. The minimum absolute atomic E-state index is 0.107. The van der Waals surface area contributed by atoms with Gasteiger partial charge in [-0.05, 0) is 30.7 Å². The van der Waals surface area contributed by atoms with E-state index in [0.717, 1.165) is 10.7 Å². The van der Waals surface area contributed by atoms with Gasteiger partial charge in [0.05, 0.1) is 5.69 Å². The van der Waals surface area contributed by atoms with E-state index in [4.69, 9.17) is 5.11 Å². The van der Waals surface area contributed by atoms with Crippen molar-refractivity contribution in [2.45, 2.75) is 13.3 Å². The Morgan fingerprint density at radius 1 is 1.31 bits per heavy atom. The zero-order chi connectivity index (χ0) is 12.2. The zero-order valence-corrected chi connectivity index (χ0v) is 10.2. The molecule has 16 heavy (non-hydrogen) atoms. The summed E-state index contributed by atoms with van der Waals surface area (Å²) in [5.74, 6) is 0.107. The van der Waals surface area contributed by atoms with E-state index in [-0.39, 0.29) is 5.75 Å². The van der Waals surface area contributed by atoms with E-state index in [2.05, 4.69) is 4.72 Å². The lowest BCUT2D eigenvalue weighted by Gasteiger charge is -2.19. The highest BCUT2D eigenvalue weighted by Crippen LogP contribution is 2.18. The maximum absolute atomic E-state index is 11.7. The minimum Gasteiger partial charge on any atom is -0.508 e. The first-order chi connectivity index (χ1) is 7.47. The van der Waals surface area contributed by atoms with Gasteiger partial charge in [-0.25, -0.2) is 0 Å². The first kappa shape index (κ1) is 12.8. The number of hydrogen-bond acceptors (Lipinski definition) is 3. The lowest BCUT2D eigenvalue weighted by Crippen LogP contribution is -2.38. The number of phenolic OH excluding ortho intramolecular Hbond substituents is 1. The molecule has 0 aliphatic heterocycles. The molecule has 0 aliphatic carbocycles. The molecule has 2 N–H and O–H groups in total. The number of anilines is 1. The fourth-order valence-electron chi connectivity index (χ4n) is 1.13. The third kappa shape index (κ3) is 3.11. The summed E-state index contributed by atoms with van der Waals surface area (Å²) < 4.78 is 27.1. The Kier molecular flexibility index (Phi) is 4.14. The largest absolute Gasteiger partial charge is 0.508 e. The molecule has 1 rings (SSSR count). The van der Waals surface area contributed by atoms with Gasteiger partial charge in [-0.15, -0.1) is 0 Å². The van der Waals surface area contributed by atoms with Gasteiger partial charge in [0.1, 0.15) is 5.75 Å². The van der Waals surface area contributed by atoms with Gasteiger partial charge < -0.3 is 5.11 Å². The molecular formula is C10H16N2O3S. The van der Waals surface area contributed by atoms with Crippen LogP contribution in [0.1, 0.15) is 13.3 Å².